The van der Waals surface area contributed by atoms with Crippen LogP contribution in [-0.4, -0.2) is 11.8 Å². The quantitative estimate of drug-likeness (QED) is 0.843. The molecular weight excluding hydrogens is 331 g/mol. The number of nitrogens with one attached hydrogen (secondary N) is 1. The summed E-state index contributed by atoms with van der Waals surface area (Å²) in [6.07, 6.45) is 4.42. The number of hydrogen-bond donors (Lipinski definition) is 2. The molecule has 0 radical (unpaired) electrons. The van der Waals surface area contributed by atoms with Crippen molar-refractivity contribution in [2.75, 3.05) is 5.32 Å². The van der Waals surface area contributed by atoms with Gasteiger partial charge in [-0.3, -0.25) is 9.59 Å². The minimum Gasteiger partial charge on any atom is -0.366 e. The Morgan fingerprint density at radius 2 is 1.73 bits per heavy atom. The number of hydrogen-bond acceptors (Lipinski definition) is 2. The molecule has 0 aliphatic heterocycles. The van der Waals surface area contributed by atoms with Crippen LogP contribution in [0, 0.1) is 11.7 Å². The van der Waals surface area contributed by atoms with Crippen LogP contribution in [-0.2, 0) is 4.79 Å². The number of carbonyl (C=O) groups is 2. The number of primary amides is 1. The van der Waals surface area contributed by atoms with Crippen molar-refractivity contribution in [3.8, 4) is 0 Å². The summed E-state index contributed by atoms with van der Waals surface area (Å²) >= 11 is 0. The molecule has 1 fully saturated rings. The smallest absolute Gasteiger partial charge is 0.248 e. The monoisotopic (exact) mass is 354 g/mol. The number of amides is 2. The molecule has 0 unspecified atom stereocenters. The Balaban J connectivity index is 1.50. The number of halogens is 1. The van der Waals surface area contributed by atoms with Crippen LogP contribution in [0.3, 0.4) is 0 Å². The molecule has 1 saturated carbocycles. The lowest BCUT2D eigenvalue weighted by Gasteiger charge is -2.28. The highest BCUT2D eigenvalue weighted by atomic mass is 19.1. The van der Waals surface area contributed by atoms with E-state index in [1.807, 2.05) is 18.2 Å². The zero-order valence-electron chi connectivity index (χ0n) is 14.6. The topological polar surface area (TPSA) is 72.2 Å². The lowest BCUT2D eigenvalue weighted by Crippen LogP contribution is -2.20. The van der Waals surface area contributed by atoms with Crippen LogP contribution in [0.1, 0.15) is 53.9 Å². The van der Waals surface area contributed by atoms with Crippen LogP contribution in [0.4, 0.5) is 10.1 Å². The SMILES string of the molecule is NC(=O)c1cccc(C2CCC(CC(=O)Nc3ccc(F)cc3)CC2)c1. The lowest BCUT2D eigenvalue weighted by atomic mass is 9.77. The summed E-state index contributed by atoms with van der Waals surface area (Å²) in [7, 11) is 0. The maximum atomic E-state index is 12.9. The van der Waals surface area contributed by atoms with Crippen molar-refractivity contribution < 1.29 is 14.0 Å². The molecule has 0 saturated heterocycles. The first kappa shape index (κ1) is 18.1. The van der Waals surface area contributed by atoms with Gasteiger partial charge in [-0.05, 0) is 79.5 Å². The van der Waals surface area contributed by atoms with E-state index in [1.54, 1.807) is 18.2 Å². The molecule has 26 heavy (non-hydrogen) atoms. The Labute approximate surface area is 152 Å². The number of anilines is 1. The summed E-state index contributed by atoms with van der Waals surface area (Å²) in [6, 6.07) is 13.3. The highest BCUT2D eigenvalue weighted by molar-refractivity contribution is 5.93. The van der Waals surface area contributed by atoms with Gasteiger partial charge in [0.2, 0.25) is 11.8 Å². The molecule has 4 nitrogen and oxygen atoms in total. The molecule has 136 valence electrons. The third kappa shape index (κ3) is 4.69. The maximum absolute atomic E-state index is 12.9. The average molecular weight is 354 g/mol. The maximum Gasteiger partial charge on any atom is 0.248 e. The van der Waals surface area contributed by atoms with Crippen molar-refractivity contribution in [2.24, 2.45) is 11.7 Å². The fourth-order valence-electron chi connectivity index (χ4n) is 3.65. The fourth-order valence-corrected chi connectivity index (χ4v) is 3.65. The standard InChI is InChI=1S/C21H23FN2O2/c22-18-8-10-19(11-9-18)24-20(25)12-14-4-6-15(7-5-14)16-2-1-3-17(13-16)21(23)26/h1-3,8-11,13-15H,4-7,12H2,(H2,23,26)(H,24,25). The van der Waals surface area contributed by atoms with Gasteiger partial charge >= 0.3 is 0 Å². The number of rotatable bonds is 5. The van der Waals surface area contributed by atoms with Gasteiger partial charge in [0.15, 0.2) is 0 Å². The Morgan fingerprint density at radius 1 is 1.04 bits per heavy atom. The molecule has 2 amide bonds. The fraction of sp³-hybridized carbons (Fsp3) is 0.333. The summed E-state index contributed by atoms with van der Waals surface area (Å²) in [5, 5.41) is 2.82. The van der Waals surface area contributed by atoms with Gasteiger partial charge in [-0.2, -0.15) is 0 Å². The number of nitrogens with two attached hydrogens (primary N) is 1. The van der Waals surface area contributed by atoms with Gasteiger partial charge in [0.1, 0.15) is 5.82 Å². The molecule has 0 spiro atoms. The Hall–Kier alpha value is -2.69. The Kier molecular flexibility index (Phi) is 5.66. The van der Waals surface area contributed by atoms with Crippen molar-refractivity contribution in [1.29, 1.82) is 0 Å². The lowest BCUT2D eigenvalue weighted by molar-refractivity contribution is -0.117. The minimum absolute atomic E-state index is 0.0317. The molecule has 0 aromatic heterocycles. The van der Waals surface area contributed by atoms with E-state index < -0.39 is 5.91 Å². The number of carbonyl (C=O) groups excluding carboxylic acids is 2. The van der Waals surface area contributed by atoms with Crippen LogP contribution in [0.25, 0.3) is 0 Å². The third-order valence-electron chi connectivity index (χ3n) is 5.09. The zero-order chi connectivity index (χ0) is 18.5. The minimum atomic E-state index is -0.405. The molecule has 0 bridgehead atoms. The van der Waals surface area contributed by atoms with Crippen molar-refractivity contribution in [3.63, 3.8) is 0 Å². The largest absolute Gasteiger partial charge is 0.366 e. The average Bonchev–Trinajstić information content (AvgIpc) is 2.64. The molecule has 1 aliphatic rings. The summed E-state index contributed by atoms with van der Waals surface area (Å²) in [5.41, 5.74) is 7.67. The first-order valence-electron chi connectivity index (χ1n) is 8.96. The normalized spacial score (nSPS) is 19.7. The molecule has 0 heterocycles. The first-order valence-corrected chi connectivity index (χ1v) is 8.96. The Bertz CT molecular complexity index is 781. The van der Waals surface area contributed by atoms with Crippen molar-refractivity contribution >= 4 is 17.5 Å². The molecule has 3 rings (SSSR count). The van der Waals surface area contributed by atoms with E-state index in [9.17, 15) is 14.0 Å². The third-order valence-corrected chi connectivity index (χ3v) is 5.09. The first-order chi connectivity index (χ1) is 12.5. The molecule has 2 aromatic carbocycles. The second-order valence-corrected chi connectivity index (χ2v) is 6.97. The van der Waals surface area contributed by atoms with E-state index in [1.165, 1.54) is 12.1 Å². The van der Waals surface area contributed by atoms with Crippen LogP contribution in [0.5, 0.6) is 0 Å². The van der Waals surface area contributed by atoms with Crippen molar-refractivity contribution in [3.05, 3.63) is 65.5 Å². The van der Waals surface area contributed by atoms with E-state index in [0.29, 0.717) is 29.5 Å². The molecule has 3 N–H and O–H groups in total. The van der Waals surface area contributed by atoms with E-state index >= 15 is 0 Å². The summed E-state index contributed by atoms with van der Waals surface area (Å²) in [5.74, 6) is 0.00671. The molecular formula is C21H23FN2O2. The van der Waals surface area contributed by atoms with Gasteiger partial charge in [-0.15, -0.1) is 0 Å². The summed E-state index contributed by atoms with van der Waals surface area (Å²) < 4.78 is 12.9. The van der Waals surface area contributed by atoms with Gasteiger partial charge in [0.25, 0.3) is 0 Å². The molecule has 5 heteroatoms. The van der Waals surface area contributed by atoms with Gasteiger partial charge < -0.3 is 11.1 Å². The molecule has 1 aliphatic carbocycles. The summed E-state index contributed by atoms with van der Waals surface area (Å²) in [4.78, 5) is 23.5. The van der Waals surface area contributed by atoms with E-state index in [0.717, 1.165) is 31.2 Å². The highest BCUT2D eigenvalue weighted by Crippen LogP contribution is 2.37. The van der Waals surface area contributed by atoms with Crippen LogP contribution in [0.15, 0.2) is 48.5 Å². The second-order valence-electron chi connectivity index (χ2n) is 6.97. The molecule has 2 aromatic rings. The van der Waals surface area contributed by atoms with Gasteiger partial charge in [0, 0.05) is 17.7 Å². The zero-order valence-corrected chi connectivity index (χ0v) is 14.6. The van der Waals surface area contributed by atoms with Crippen molar-refractivity contribution in [1.82, 2.24) is 0 Å². The predicted molar refractivity (Wildman–Crippen MR) is 99.3 cm³/mol. The van der Waals surface area contributed by atoms with Gasteiger partial charge in [-0.1, -0.05) is 12.1 Å². The van der Waals surface area contributed by atoms with Crippen LogP contribution >= 0.6 is 0 Å². The van der Waals surface area contributed by atoms with Gasteiger partial charge in [-0.25, -0.2) is 4.39 Å². The van der Waals surface area contributed by atoms with E-state index in [4.69, 9.17) is 5.73 Å². The van der Waals surface area contributed by atoms with Crippen molar-refractivity contribution in [2.45, 2.75) is 38.0 Å². The second kappa shape index (κ2) is 8.13. The number of benzene rings is 2. The summed E-state index contributed by atoms with van der Waals surface area (Å²) in [6.45, 7) is 0. The van der Waals surface area contributed by atoms with E-state index in [2.05, 4.69) is 5.32 Å². The van der Waals surface area contributed by atoms with Crippen LogP contribution in [0.2, 0.25) is 0 Å². The van der Waals surface area contributed by atoms with Crippen LogP contribution < -0.4 is 11.1 Å². The predicted octanol–water partition coefficient (Wildman–Crippen LogP) is 4.23. The van der Waals surface area contributed by atoms with E-state index in [-0.39, 0.29) is 11.7 Å². The Morgan fingerprint density at radius 3 is 2.38 bits per heavy atom. The highest BCUT2D eigenvalue weighted by Gasteiger charge is 2.24. The van der Waals surface area contributed by atoms with Gasteiger partial charge in [0.05, 0.1) is 0 Å². The molecule has 0 atom stereocenters.